The molecule has 0 fully saturated rings. The zero-order valence-corrected chi connectivity index (χ0v) is 19.1. The van der Waals surface area contributed by atoms with E-state index in [9.17, 15) is 13.2 Å². The number of amides is 1. The van der Waals surface area contributed by atoms with Crippen molar-refractivity contribution in [1.82, 2.24) is 14.9 Å². The van der Waals surface area contributed by atoms with Gasteiger partial charge < -0.3 is 5.32 Å². The highest BCUT2D eigenvalue weighted by Crippen LogP contribution is 2.13. The Morgan fingerprint density at radius 2 is 1.67 bits per heavy atom. The second-order valence-corrected chi connectivity index (χ2v) is 9.29. The predicted molar refractivity (Wildman–Crippen MR) is 121 cm³/mol. The predicted octanol–water partition coefficient (Wildman–Crippen LogP) is 3.06. The molecule has 0 saturated carbocycles. The third-order valence-electron chi connectivity index (χ3n) is 4.94. The van der Waals surface area contributed by atoms with Gasteiger partial charge in [0, 0.05) is 24.2 Å². The summed E-state index contributed by atoms with van der Waals surface area (Å²) in [6.45, 7) is 9.99. The quantitative estimate of drug-likeness (QED) is 0.573. The fourth-order valence-electron chi connectivity index (χ4n) is 3.45. The smallest absolute Gasteiger partial charge is 0.251 e. The van der Waals surface area contributed by atoms with Crippen LogP contribution in [0.5, 0.6) is 0 Å². The van der Waals surface area contributed by atoms with Gasteiger partial charge in [-0.15, -0.1) is 0 Å². The molecule has 7 heteroatoms. The molecule has 0 aromatic heterocycles. The SMILES string of the molecule is CCN(CC)C(CNC(=O)c1cccc(S(=O)(=O)NC(C)C)c1)Cc1ccccc1. The summed E-state index contributed by atoms with van der Waals surface area (Å²) < 4.78 is 27.4. The molecule has 0 radical (unpaired) electrons. The molecular weight excluding hydrogens is 398 g/mol. The Bertz CT molecular complexity index is 910. The maximum absolute atomic E-state index is 12.8. The second kappa shape index (κ2) is 11.2. The fourth-order valence-corrected chi connectivity index (χ4v) is 4.75. The molecule has 1 atom stereocenters. The van der Waals surface area contributed by atoms with Gasteiger partial charge >= 0.3 is 0 Å². The van der Waals surface area contributed by atoms with E-state index in [1.807, 2.05) is 18.2 Å². The van der Waals surface area contributed by atoms with Crippen LogP contribution in [0.1, 0.15) is 43.6 Å². The van der Waals surface area contributed by atoms with Gasteiger partial charge in [-0.2, -0.15) is 0 Å². The first-order chi connectivity index (χ1) is 14.3. The number of nitrogens with zero attached hydrogens (tertiary/aromatic N) is 1. The number of nitrogens with one attached hydrogen (secondary N) is 2. The normalized spacial score (nSPS) is 12.9. The van der Waals surface area contributed by atoms with Crippen LogP contribution in [0.25, 0.3) is 0 Å². The highest BCUT2D eigenvalue weighted by Gasteiger charge is 2.20. The molecule has 164 valence electrons. The Morgan fingerprint density at radius 3 is 2.27 bits per heavy atom. The molecule has 2 N–H and O–H groups in total. The number of rotatable bonds is 11. The van der Waals surface area contributed by atoms with Crippen LogP contribution in [0, 0.1) is 0 Å². The van der Waals surface area contributed by atoms with Crippen molar-refractivity contribution < 1.29 is 13.2 Å². The largest absolute Gasteiger partial charge is 0.350 e. The van der Waals surface area contributed by atoms with E-state index in [0.29, 0.717) is 12.1 Å². The van der Waals surface area contributed by atoms with Crippen LogP contribution >= 0.6 is 0 Å². The van der Waals surface area contributed by atoms with Crippen molar-refractivity contribution in [2.45, 2.75) is 51.1 Å². The van der Waals surface area contributed by atoms with Crippen molar-refractivity contribution in [1.29, 1.82) is 0 Å². The molecule has 0 saturated heterocycles. The van der Waals surface area contributed by atoms with Crippen LogP contribution < -0.4 is 10.0 Å². The Morgan fingerprint density at radius 1 is 1.00 bits per heavy atom. The van der Waals surface area contributed by atoms with Crippen molar-refractivity contribution in [2.24, 2.45) is 0 Å². The molecule has 6 nitrogen and oxygen atoms in total. The minimum absolute atomic E-state index is 0.0911. The second-order valence-electron chi connectivity index (χ2n) is 7.58. The van der Waals surface area contributed by atoms with Crippen LogP contribution in [0.15, 0.2) is 59.5 Å². The zero-order chi connectivity index (χ0) is 22.1. The van der Waals surface area contributed by atoms with E-state index >= 15 is 0 Å². The van der Waals surface area contributed by atoms with Gasteiger partial charge in [0.15, 0.2) is 0 Å². The van der Waals surface area contributed by atoms with E-state index in [1.54, 1.807) is 26.0 Å². The summed E-state index contributed by atoms with van der Waals surface area (Å²) in [5.74, 6) is -0.276. The number of carbonyl (C=O) groups is 1. The molecule has 2 rings (SSSR count). The molecular formula is C23H33N3O3S. The summed E-state index contributed by atoms with van der Waals surface area (Å²) in [5, 5.41) is 2.99. The summed E-state index contributed by atoms with van der Waals surface area (Å²) in [4.78, 5) is 15.2. The fraction of sp³-hybridized carbons (Fsp3) is 0.435. The van der Waals surface area contributed by atoms with E-state index in [2.05, 4.69) is 40.9 Å². The van der Waals surface area contributed by atoms with Crippen molar-refractivity contribution in [3.05, 3.63) is 65.7 Å². The van der Waals surface area contributed by atoms with Crippen molar-refractivity contribution in [3.63, 3.8) is 0 Å². The van der Waals surface area contributed by atoms with Gasteiger partial charge in [-0.3, -0.25) is 9.69 Å². The molecule has 0 bridgehead atoms. The Hall–Kier alpha value is -2.22. The Balaban J connectivity index is 2.12. The first kappa shape index (κ1) is 24.1. The molecule has 0 spiro atoms. The molecule has 2 aromatic carbocycles. The minimum Gasteiger partial charge on any atom is -0.350 e. The van der Waals surface area contributed by atoms with Crippen LogP contribution in [0.3, 0.4) is 0 Å². The molecule has 0 aliphatic rings. The monoisotopic (exact) mass is 431 g/mol. The molecule has 1 amide bonds. The third kappa shape index (κ3) is 6.93. The first-order valence-corrected chi connectivity index (χ1v) is 11.9. The Kier molecular flexibility index (Phi) is 9.02. The van der Waals surface area contributed by atoms with Crippen molar-refractivity contribution in [2.75, 3.05) is 19.6 Å². The van der Waals surface area contributed by atoms with E-state index in [-0.39, 0.29) is 22.9 Å². The highest BCUT2D eigenvalue weighted by atomic mass is 32.2. The molecule has 0 heterocycles. The number of sulfonamides is 1. The van der Waals surface area contributed by atoms with Crippen LogP contribution in [-0.2, 0) is 16.4 Å². The van der Waals surface area contributed by atoms with Crippen LogP contribution in [0.2, 0.25) is 0 Å². The summed E-state index contributed by atoms with van der Waals surface area (Å²) in [7, 11) is -3.65. The summed E-state index contributed by atoms with van der Waals surface area (Å²) in [6, 6.07) is 16.3. The Labute approximate surface area is 180 Å². The zero-order valence-electron chi connectivity index (χ0n) is 18.3. The van der Waals surface area contributed by atoms with Gasteiger partial charge in [0.05, 0.1) is 4.90 Å². The third-order valence-corrected chi connectivity index (χ3v) is 6.59. The topological polar surface area (TPSA) is 78.5 Å². The number of hydrogen-bond acceptors (Lipinski definition) is 4. The molecule has 1 unspecified atom stereocenters. The lowest BCUT2D eigenvalue weighted by Gasteiger charge is -2.30. The van der Waals surface area contributed by atoms with Gasteiger partial charge in [-0.1, -0.05) is 50.2 Å². The van der Waals surface area contributed by atoms with Gasteiger partial charge in [0.25, 0.3) is 5.91 Å². The van der Waals surface area contributed by atoms with E-state index in [1.165, 1.54) is 17.7 Å². The van der Waals surface area contributed by atoms with E-state index < -0.39 is 10.0 Å². The van der Waals surface area contributed by atoms with Crippen LogP contribution in [0.4, 0.5) is 0 Å². The van der Waals surface area contributed by atoms with Gasteiger partial charge in [-0.05, 0) is 57.1 Å². The standard InChI is InChI=1S/C23H33N3O3S/c1-5-26(6-2)21(15-19-11-8-7-9-12-19)17-24-23(27)20-13-10-14-22(16-20)30(28,29)25-18(3)4/h7-14,16,18,21,25H,5-6,15,17H2,1-4H3,(H,24,27). The van der Waals surface area contributed by atoms with Crippen molar-refractivity contribution >= 4 is 15.9 Å². The first-order valence-electron chi connectivity index (χ1n) is 10.4. The average Bonchev–Trinajstić information content (AvgIpc) is 2.72. The molecule has 30 heavy (non-hydrogen) atoms. The maximum Gasteiger partial charge on any atom is 0.251 e. The number of benzene rings is 2. The van der Waals surface area contributed by atoms with E-state index in [0.717, 1.165) is 19.5 Å². The number of likely N-dealkylation sites (N-methyl/N-ethyl adjacent to an activating group) is 1. The molecule has 2 aromatic rings. The van der Waals surface area contributed by atoms with E-state index in [4.69, 9.17) is 0 Å². The van der Waals surface area contributed by atoms with Crippen molar-refractivity contribution in [3.8, 4) is 0 Å². The molecule has 0 aliphatic heterocycles. The molecule has 0 aliphatic carbocycles. The summed E-state index contributed by atoms with van der Waals surface area (Å²) in [5.41, 5.74) is 1.55. The summed E-state index contributed by atoms with van der Waals surface area (Å²) >= 11 is 0. The minimum atomic E-state index is -3.65. The maximum atomic E-state index is 12.8. The number of hydrogen-bond donors (Lipinski definition) is 2. The highest BCUT2D eigenvalue weighted by molar-refractivity contribution is 7.89. The van der Waals surface area contributed by atoms with Gasteiger partial charge in [0.1, 0.15) is 0 Å². The average molecular weight is 432 g/mol. The lowest BCUT2D eigenvalue weighted by Crippen LogP contribution is -2.45. The lowest BCUT2D eigenvalue weighted by molar-refractivity contribution is 0.0934. The van der Waals surface area contributed by atoms with Gasteiger partial charge in [0.2, 0.25) is 10.0 Å². The van der Waals surface area contributed by atoms with Crippen LogP contribution in [-0.4, -0.2) is 50.9 Å². The van der Waals surface area contributed by atoms with Gasteiger partial charge in [-0.25, -0.2) is 13.1 Å². The number of carbonyl (C=O) groups excluding carboxylic acids is 1. The lowest BCUT2D eigenvalue weighted by atomic mass is 10.0. The summed E-state index contributed by atoms with van der Waals surface area (Å²) in [6.07, 6.45) is 0.829.